The van der Waals surface area contributed by atoms with Crippen LogP contribution in [0.2, 0.25) is 0 Å². The maximum absolute atomic E-state index is 12.2. The Hall–Kier alpha value is -2.71. The smallest absolute Gasteiger partial charge is 0.338 e. The van der Waals surface area contributed by atoms with Crippen molar-refractivity contribution in [3.63, 3.8) is 0 Å². The van der Waals surface area contributed by atoms with E-state index in [1.54, 1.807) is 0 Å². The van der Waals surface area contributed by atoms with Gasteiger partial charge in [0.05, 0.1) is 10.5 Å². The predicted molar refractivity (Wildman–Crippen MR) is 110 cm³/mol. The van der Waals surface area contributed by atoms with Crippen LogP contribution in [0.5, 0.6) is 0 Å². The number of rotatable bonds is 9. The normalized spacial score (nSPS) is 12.4. The Morgan fingerprint density at radius 1 is 1.07 bits per heavy atom. The maximum Gasteiger partial charge on any atom is 0.338 e. The van der Waals surface area contributed by atoms with Crippen molar-refractivity contribution in [2.24, 2.45) is 0 Å². The molecule has 0 aliphatic carbocycles. The lowest BCUT2D eigenvalue weighted by Gasteiger charge is -2.14. The quantitative estimate of drug-likeness (QED) is 0.631. The van der Waals surface area contributed by atoms with Crippen molar-refractivity contribution in [2.45, 2.75) is 30.7 Å². The van der Waals surface area contributed by atoms with Crippen molar-refractivity contribution in [3.8, 4) is 0 Å². The molecule has 8 heteroatoms. The van der Waals surface area contributed by atoms with Crippen molar-refractivity contribution < 1.29 is 22.7 Å². The van der Waals surface area contributed by atoms with E-state index in [2.05, 4.69) is 5.32 Å². The van der Waals surface area contributed by atoms with Gasteiger partial charge in [-0.05, 0) is 43.5 Å². The van der Waals surface area contributed by atoms with Crippen molar-refractivity contribution >= 4 is 21.9 Å². The number of hydrogen-bond acceptors (Lipinski definition) is 5. The molecule has 0 saturated heterocycles. The van der Waals surface area contributed by atoms with Crippen molar-refractivity contribution in [1.82, 2.24) is 9.62 Å². The molecule has 0 spiro atoms. The van der Waals surface area contributed by atoms with Gasteiger partial charge in [0, 0.05) is 20.1 Å². The number of hydrogen-bond donors (Lipinski definition) is 1. The first-order chi connectivity index (χ1) is 13.7. The molecule has 2 aromatic carbocycles. The maximum atomic E-state index is 12.2. The van der Waals surface area contributed by atoms with Crippen LogP contribution in [-0.2, 0) is 26.0 Å². The topological polar surface area (TPSA) is 92.8 Å². The Bertz CT molecular complexity index is 943. The average molecular weight is 419 g/mol. The van der Waals surface area contributed by atoms with Gasteiger partial charge in [0.1, 0.15) is 0 Å². The van der Waals surface area contributed by atoms with Gasteiger partial charge in [-0.3, -0.25) is 4.79 Å². The highest BCUT2D eigenvalue weighted by Crippen LogP contribution is 2.15. The summed E-state index contributed by atoms with van der Waals surface area (Å²) in [5.41, 5.74) is 1.26. The molecule has 0 fully saturated rings. The van der Waals surface area contributed by atoms with E-state index in [0.29, 0.717) is 0 Å². The summed E-state index contributed by atoms with van der Waals surface area (Å²) in [6.07, 6.45) is 1.59. The zero-order chi connectivity index (χ0) is 21.4. The summed E-state index contributed by atoms with van der Waals surface area (Å²) in [6, 6.07) is 15.4. The molecule has 0 bridgehead atoms. The van der Waals surface area contributed by atoms with Gasteiger partial charge in [0.25, 0.3) is 5.91 Å². The summed E-state index contributed by atoms with van der Waals surface area (Å²) in [7, 11) is -0.850. The monoisotopic (exact) mass is 418 g/mol. The van der Waals surface area contributed by atoms with Crippen molar-refractivity contribution in [2.75, 3.05) is 20.7 Å². The molecule has 0 aliphatic heterocycles. The van der Waals surface area contributed by atoms with Crippen LogP contribution in [0.4, 0.5) is 0 Å². The fourth-order valence-corrected chi connectivity index (χ4v) is 3.57. The van der Waals surface area contributed by atoms with Gasteiger partial charge in [0.2, 0.25) is 10.0 Å². The first kappa shape index (κ1) is 22.6. The SMILES string of the molecule is C[C@H](CCc1ccccc1)NC(=O)COC(=O)c1cccc(S(=O)(=O)N(C)C)c1. The van der Waals surface area contributed by atoms with Gasteiger partial charge in [-0.1, -0.05) is 36.4 Å². The van der Waals surface area contributed by atoms with E-state index in [1.807, 2.05) is 37.3 Å². The van der Waals surface area contributed by atoms with Gasteiger partial charge >= 0.3 is 5.97 Å². The van der Waals surface area contributed by atoms with E-state index in [-0.39, 0.29) is 16.5 Å². The number of carbonyl (C=O) groups excluding carboxylic acids is 2. The molecule has 0 saturated carbocycles. The molecule has 1 N–H and O–H groups in total. The number of aryl methyl sites for hydroxylation is 1. The van der Waals surface area contributed by atoms with Gasteiger partial charge in [-0.15, -0.1) is 0 Å². The molecule has 2 rings (SSSR count). The van der Waals surface area contributed by atoms with Crippen molar-refractivity contribution in [3.05, 3.63) is 65.7 Å². The predicted octanol–water partition coefficient (Wildman–Crippen LogP) is 2.23. The van der Waals surface area contributed by atoms with Gasteiger partial charge < -0.3 is 10.1 Å². The summed E-state index contributed by atoms with van der Waals surface area (Å²) in [5.74, 6) is -1.16. The second kappa shape index (κ2) is 10.2. The number of benzene rings is 2. The van der Waals surface area contributed by atoms with Gasteiger partial charge in [-0.25, -0.2) is 17.5 Å². The highest BCUT2D eigenvalue weighted by molar-refractivity contribution is 7.89. The summed E-state index contributed by atoms with van der Waals surface area (Å²) >= 11 is 0. The zero-order valence-electron chi connectivity index (χ0n) is 16.8. The molecule has 0 heterocycles. The van der Waals surface area contributed by atoms with Crippen LogP contribution in [0.25, 0.3) is 0 Å². The summed E-state index contributed by atoms with van der Waals surface area (Å²) in [5, 5.41) is 2.79. The molecular formula is C21H26N2O5S. The Balaban J connectivity index is 1.85. The lowest BCUT2D eigenvalue weighted by molar-refractivity contribution is -0.124. The minimum Gasteiger partial charge on any atom is -0.452 e. The van der Waals surface area contributed by atoms with E-state index in [0.717, 1.165) is 17.1 Å². The number of sulfonamides is 1. The third kappa shape index (κ3) is 6.69. The molecule has 0 unspecified atom stereocenters. The third-order valence-electron chi connectivity index (χ3n) is 4.30. The number of carbonyl (C=O) groups is 2. The number of nitrogens with one attached hydrogen (secondary N) is 1. The highest BCUT2D eigenvalue weighted by Gasteiger charge is 2.19. The largest absolute Gasteiger partial charge is 0.452 e. The first-order valence-electron chi connectivity index (χ1n) is 9.23. The highest BCUT2D eigenvalue weighted by atomic mass is 32.2. The van der Waals surface area contributed by atoms with E-state index >= 15 is 0 Å². The second-order valence-electron chi connectivity index (χ2n) is 6.88. The van der Waals surface area contributed by atoms with Crippen LogP contribution in [0.15, 0.2) is 59.5 Å². The van der Waals surface area contributed by atoms with E-state index in [1.165, 1.54) is 43.9 Å². The van der Waals surface area contributed by atoms with Crippen LogP contribution < -0.4 is 5.32 Å². The summed E-state index contributed by atoms with van der Waals surface area (Å²) in [6.45, 7) is 1.46. The molecule has 29 heavy (non-hydrogen) atoms. The van der Waals surface area contributed by atoms with E-state index in [4.69, 9.17) is 4.74 Å². The molecule has 1 amide bonds. The number of ether oxygens (including phenoxy) is 1. The van der Waals surface area contributed by atoms with Crippen LogP contribution in [0.3, 0.4) is 0 Å². The van der Waals surface area contributed by atoms with Gasteiger partial charge in [-0.2, -0.15) is 0 Å². The van der Waals surface area contributed by atoms with Crippen LogP contribution in [0, 0.1) is 0 Å². The van der Waals surface area contributed by atoms with Crippen LogP contribution in [0.1, 0.15) is 29.3 Å². The third-order valence-corrected chi connectivity index (χ3v) is 6.11. The van der Waals surface area contributed by atoms with Crippen LogP contribution in [-0.4, -0.2) is 51.3 Å². The van der Waals surface area contributed by atoms with Crippen molar-refractivity contribution in [1.29, 1.82) is 0 Å². The first-order valence-corrected chi connectivity index (χ1v) is 10.7. The Morgan fingerprint density at radius 3 is 2.41 bits per heavy atom. The minimum atomic E-state index is -3.66. The Kier molecular flexibility index (Phi) is 7.92. The van der Waals surface area contributed by atoms with Crippen LogP contribution >= 0.6 is 0 Å². The molecule has 0 radical (unpaired) electrons. The molecule has 0 aliphatic rings. The second-order valence-corrected chi connectivity index (χ2v) is 9.04. The molecule has 2 aromatic rings. The number of amides is 1. The molecule has 1 atom stereocenters. The lowest BCUT2D eigenvalue weighted by atomic mass is 10.1. The summed E-state index contributed by atoms with van der Waals surface area (Å²) < 4.78 is 30.4. The lowest BCUT2D eigenvalue weighted by Crippen LogP contribution is -2.36. The summed E-state index contributed by atoms with van der Waals surface area (Å²) in [4.78, 5) is 24.2. The van der Waals surface area contributed by atoms with E-state index < -0.39 is 28.5 Å². The average Bonchev–Trinajstić information content (AvgIpc) is 2.71. The fourth-order valence-electron chi connectivity index (χ4n) is 2.63. The minimum absolute atomic E-state index is 0.0177. The van der Waals surface area contributed by atoms with E-state index in [9.17, 15) is 18.0 Å². The zero-order valence-corrected chi connectivity index (χ0v) is 17.6. The Labute approximate surface area is 171 Å². The Morgan fingerprint density at radius 2 is 1.76 bits per heavy atom. The molecule has 7 nitrogen and oxygen atoms in total. The van der Waals surface area contributed by atoms with Gasteiger partial charge in [0.15, 0.2) is 6.61 Å². The molecular weight excluding hydrogens is 392 g/mol. The molecule has 156 valence electrons. The standard InChI is InChI=1S/C21H26N2O5S/c1-16(12-13-17-8-5-4-6-9-17)22-20(24)15-28-21(25)18-10-7-11-19(14-18)29(26,27)23(2)3/h4-11,14,16H,12-13,15H2,1-3H3,(H,22,24)/t16-/m1/s1. The fraction of sp³-hybridized carbons (Fsp3) is 0.333. The number of esters is 1. The number of nitrogens with zero attached hydrogens (tertiary/aromatic N) is 1. The molecule has 0 aromatic heterocycles.